The van der Waals surface area contributed by atoms with Gasteiger partial charge in [-0.3, -0.25) is 0 Å². The summed E-state index contributed by atoms with van der Waals surface area (Å²) in [6.07, 6.45) is 1.47. The van der Waals surface area contributed by atoms with E-state index in [0.29, 0.717) is 40.8 Å². The zero-order valence-electron chi connectivity index (χ0n) is 16.0. The maximum Gasteiger partial charge on any atom is 0.203 e. The molecule has 0 aliphatic carbocycles. The Kier molecular flexibility index (Phi) is 5.76. The molecule has 1 heterocycles. The van der Waals surface area contributed by atoms with Crippen LogP contribution >= 0.6 is 0 Å². The Morgan fingerprint density at radius 1 is 0.815 bits per heavy atom. The highest BCUT2D eigenvalue weighted by Crippen LogP contribution is 2.43. The molecule has 144 valence electrons. The lowest BCUT2D eigenvalue weighted by atomic mass is 10.1. The van der Waals surface area contributed by atoms with Crippen molar-refractivity contribution < 1.29 is 28.5 Å². The first-order valence-electron chi connectivity index (χ1n) is 8.66. The second-order valence-electron chi connectivity index (χ2n) is 6.07. The normalized spacial score (nSPS) is 10.9. The van der Waals surface area contributed by atoms with Crippen LogP contribution in [0, 0.1) is 0 Å². The Hall–Kier alpha value is -2.86. The van der Waals surface area contributed by atoms with E-state index in [0.717, 1.165) is 22.9 Å². The molecule has 0 saturated heterocycles. The van der Waals surface area contributed by atoms with Gasteiger partial charge in [-0.05, 0) is 48.7 Å². The summed E-state index contributed by atoms with van der Waals surface area (Å²) < 4.78 is 27.8. The number of fused-ring (bicyclic) bond motifs is 1. The second kappa shape index (κ2) is 8.22. The molecule has 27 heavy (non-hydrogen) atoms. The van der Waals surface area contributed by atoms with Gasteiger partial charge in [-0.2, -0.15) is 0 Å². The van der Waals surface area contributed by atoms with Crippen LogP contribution in [0.4, 0.5) is 0 Å². The number of benzene rings is 2. The molecule has 0 fully saturated rings. The van der Waals surface area contributed by atoms with Crippen LogP contribution in [0.15, 0.2) is 34.7 Å². The Morgan fingerprint density at radius 2 is 1.48 bits per heavy atom. The van der Waals surface area contributed by atoms with Gasteiger partial charge in [0.25, 0.3) is 0 Å². The van der Waals surface area contributed by atoms with E-state index in [1.54, 1.807) is 28.4 Å². The molecule has 0 radical (unpaired) electrons. The van der Waals surface area contributed by atoms with Gasteiger partial charge in [0.1, 0.15) is 5.76 Å². The standard InChI is InChI=1S/C21H24O6/c1-23-17-9-13(6-5-7-22)8-15-12-16(27-20(15)17)14-10-18(24-2)21(26-4)19(11-14)25-3/h8-12,22H,5-7H2,1-4H3. The minimum atomic E-state index is 0.155. The molecule has 3 aromatic rings. The topological polar surface area (TPSA) is 70.3 Å². The summed E-state index contributed by atoms with van der Waals surface area (Å²) in [6.45, 7) is 0.155. The number of aliphatic hydroxyl groups is 1. The smallest absolute Gasteiger partial charge is 0.203 e. The Labute approximate surface area is 158 Å². The van der Waals surface area contributed by atoms with Gasteiger partial charge in [0.05, 0.1) is 28.4 Å². The van der Waals surface area contributed by atoms with E-state index in [-0.39, 0.29) is 6.61 Å². The van der Waals surface area contributed by atoms with Crippen molar-refractivity contribution >= 4 is 11.0 Å². The summed E-state index contributed by atoms with van der Waals surface area (Å²) >= 11 is 0. The van der Waals surface area contributed by atoms with Crippen LogP contribution in [0.1, 0.15) is 12.0 Å². The number of hydrogen-bond acceptors (Lipinski definition) is 6. The van der Waals surface area contributed by atoms with Crippen molar-refractivity contribution in [3.63, 3.8) is 0 Å². The van der Waals surface area contributed by atoms with E-state index in [2.05, 4.69) is 6.07 Å². The monoisotopic (exact) mass is 372 g/mol. The van der Waals surface area contributed by atoms with Crippen molar-refractivity contribution in [3.8, 4) is 34.3 Å². The summed E-state index contributed by atoms with van der Waals surface area (Å²) in [4.78, 5) is 0. The van der Waals surface area contributed by atoms with Crippen molar-refractivity contribution in [3.05, 3.63) is 35.9 Å². The van der Waals surface area contributed by atoms with Crippen LogP contribution in [0.25, 0.3) is 22.3 Å². The highest BCUT2D eigenvalue weighted by Gasteiger charge is 2.18. The predicted octanol–water partition coefficient (Wildman–Crippen LogP) is 4.06. The van der Waals surface area contributed by atoms with E-state index < -0.39 is 0 Å². The number of hydrogen-bond donors (Lipinski definition) is 1. The number of ether oxygens (including phenoxy) is 4. The average molecular weight is 372 g/mol. The lowest BCUT2D eigenvalue weighted by molar-refractivity contribution is 0.288. The molecular formula is C21H24O6. The highest BCUT2D eigenvalue weighted by molar-refractivity contribution is 5.88. The zero-order valence-corrected chi connectivity index (χ0v) is 16.0. The van der Waals surface area contributed by atoms with Gasteiger partial charge in [-0.1, -0.05) is 0 Å². The molecule has 0 spiro atoms. The molecule has 3 rings (SSSR count). The predicted molar refractivity (Wildman–Crippen MR) is 103 cm³/mol. The van der Waals surface area contributed by atoms with E-state index >= 15 is 0 Å². The Morgan fingerprint density at radius 3 is 2.04 bits per heavy atom. The van der Waals surface area contributed by atoms with Gasteiger partial charge in [-0.15, -0.1) is 0 Å². The molecule has 0 bridgehead atoms. The number of aryl methyl sites for hydroxylation is 1. The zero-order chi connectivity index (χ0) is 19.4. The third-order valence-electron chi connectivity index (χ3n) is 4.43. The van der Waals surface area contributed by atoms with Gasteiger partial charge in [-0.25, -0.2) is 0 Å². The van der Waals surface area contributed by atoms with Gasteiger partial charge in [0.2, 0.25) is 5.75 Å². The maximum atomic E-state index is 9.08. The number of rotatable bonds is 8. The molecule has 0 saturated carbocycles. The molecular weight excluding hydrogens is 348 g/mol. The fraction of sp³-hybridized carbons (Fsp3) is 0.333. The minimum Gasteiger partial charge on any atom is -0.493 e. The SMILES string of the molecule is COc1cc(-c2cc3cc(CCCO)cc(OC)c3o2)cc(OC)c1OC. The quantitative estimate of drug-likeness (QED) is 0.643. The van der Waals surface area contributed by atoms with Gasteiger partial charge >= 0.3 is 0 Å². The molecule has 0 amide bonds. The fourth-order valence-electron chi connectivity index (χ4n) is 3.12. The molecule has 1 N–H and O–H groups in total. The second-order valence-corrected chi connectivity index (χ2v) is 6.07. The van der Waals surface area contributed by atoms with E-state index in [1.165, 1.54) is 0 Å². The van der Waals surface area contributed by atoms with Crippen molar-refractivity contribution in [2.75, 3.05) is 35.0 Å². The van der Waals surface area contributed by atoms with E-state index in [4.69, 9.17) is 28.5 Å². The van der Waals surface area contributed by atoms with Crippen molar-refractivity contribution in [2.24, 2.45) is 0 Å². The molecule has 6 nitrogen and oxygen atoms in total. The number of methoxy groups -OCH3 is 4. The molecule has 0 unspecified atom stereocenters. The summed E-state index contributed by atoms with van der Waals surface area (Å²) in [5.74, 6) is 2.98. The lowest BCUT2D eigenvalue weighted by Gasteiger charge is -2.13. The number of aliphatic hydroxyl groups excluding tert-OH is 1. The maximum absolute atomic E-state index is 9.08. The van der Waals surface area contributed by atoms with Crippen LogP contribution in [0.3, 0.4) is 0 Å². The molecule has 2 aromatic carbocycles. The minimum absolute atomic E-state index is 0.155. The Bertz CT molecular complexity index is 903. The Balaban J connectivity index is 2.12. The summed E-state index contributed by atoms with van der Waals surface area (Å²) in [6, 6.07) is 9.65. The first kappa shape index (κ1) is 18.9. The van der Waals surface area contributed by atoms with Crippen LogP contribution in [0.2, 0.25) is 0 Å². The fourth-order valence-corrected chi connectivity index (χ4v) is 3.12. The number of furan rings is 1. The third kappa shape index (κ3) is 3.66. The molecule has 1 aromatic heterocycles. The summed E-state index contributed by atoms with van der Waals surface area (Å²) in [7, 11) is 6.35. The molecule has 0 atom stereocenters. The van der Waals surface area contributed by atoms with Crippen molar-refractivity contribution in [1.82, 2.24) is 0 Å². The van der Waals surface area contributed by atoms with Crippen LogP contribution < -0.4 is 18.9 Å². The molecule has 0 aliphatic heterocycles. The summed E-state index contributed by atoms with van der Waals surface area (Å²) in [5, 5.41) is 10.0. The summed E-state index contributed by atoms with van der Waals surface area (Å²) in [5.41, 5.74) is 2.57. The largest absolute Gasteiger partial charge is 0.493 e. The average Bonchev–Trinajstić information content (AvgIpc) is 3.14. The van der Waals surface area contributed by atoms with Gasteiger partial charge < -0.3 is 28.5 Å². The molecule has 0 aliphatic rings. The van der Waals surface area contributed by atoms with Crippen LogP contribution in [-0.4, -0.2) is 40.2 Å². The van der Waals surface area contributed by atoms with Crippen molar-refractivity contribution in [1.29, 1.82) is 0 Å². The first-order chi connectivity index (χ1) is 13.1. The van der Waals surface area contributed by atoms with Crippen molar-refractivity contribution in [2.45, 2.75) is 12.8 Å². The van der Waals surface area contributed by atoms with E-state index in [1.807, 2.05) is 24.3 Å². The van der Waals surface area contributed by atoms with Gasteiger partial charge in [0, 0.05) is 17.6 Å². The highest BCUT2D eigenvalue weighted by atomic mass is 16.5. The molecule has 6 heteroatoms. The van der Waals surface area contributed by atoms with E-state index in [9.17, 15) is 0 Å². The lowest BCUT2D eigenvalue weighted by Crippen LogP contribution is -1.95. The van der Waals surface area contributed by atoms with Crippen LogP contribution in [-0.2, 0) is 6.42 Å². The van der Waals surface area contributed by atoms with Gasteiger partial charge in [0.15, 0.2) is 22.8 Å². The van der Waals surface area contributed by atoms with Crippen LogP contribution in [0.5, 0.6) is 23.0 Å². The first-order valence-corrected chi connectivity index (χ1v) is 8.66. The third-order valence-corrected chi connectivity index (χ3v) is 4.43.